The van der Waals surface area contributed by atoms with Crippen molar-refractivity contribution in [1.82, 2.24) is 0 Å². The lowest BCUT2D eigenvalue weighted by molar-refractivity contribution is 0.458. The molecule has 0 unspecified atom stereocenters. The third-order valence-corrected chi connectivity index (χ3v) is 2.66. The van der Waals surface area contributed by atoms with E-state index >= 15 is 0 Å². The molecule has 1 rings (SSSR count). The van der Waals surface area contributed by atoms with E-state index in [4.69, 9.17) is 10.2 Å². The summed E-state index contributed by atoms with van der Waals surface area (Å²) in [6.07, 6.45) is 0. The van der Waals surface area contributed by atoms with Crippen LogP contribution in [0.15, 0.2) is 27.6 Å². The van der Waals surface area contributed by atoms with Crippen LogP contribution in [0.3, 0.4) is 0 Å². The van der Waals surface area contributed by atoms with Crippen LogP contribution in [0.2, 0.25) is 0 Å². The molecule has 0 heterocycles. The minimum absolute atomic E-state index is 0.281. The van der Waals surface area contributed by atoms with Crippen molar-refractivity contribution in [3.8, 4) is 5.75 Å². The fourth-order valence-electron chi connectivity index (χ4n) is 0.716. The molecule has 1 aromatic carbocycles. The number of phenols is 1. The maximum Gasteiger partial charge on any atom is 0.241 e. The Morgan fingerprint density at radius 2 is 2.00 bits per heavy atom. The van der Waals surface area contributed by atoms with Crippen molar-refractivity contribution in [3.05, 3.63) is 22.7 Å². The van der Waals surface area contributed by atoms with Crippen LogP contribution in [-0.2, 0) is 10.0 Å². The molecule has 0 radical (unpaired) electrons. The molecule has 0 fully saturated rings. The van der Waals surface area contributed by atoms with E-state index < -0.39 is 10.0 Å². The zero-order chi connectivity index (χ0) is 9.35. The molecular weight excluding hydrogens is 246 g/mol. The van der Waals surface area contributed by atoms with Gasteiger partial charge in [0.05, 0.1) is 0 Å². The standard InChI is InChI=1S/C6H6BrNO3S/c7-4-1-2-5(9)6(3-4)12(8,10)11/h1-3,9H,(H2,8,10,11). The molecule has 0 aromatic heterocycles. The number of nitrogens with two attached hydrogens (primary N) is 1. The minimum atomic E-state index is -3.84. The predicted octanol–water partition coefficient (Wildman–Crippen LogP) is 0.802. The van der Waals surface area contributed by atoms with Gasteiger partial charge in [0.25, 0.3) is 0 Å². The molecule has 0 saturated heterocycles. The molecule has 0 atom stereocenters. The Balaban J connectivity index is 3.43. The van der Waals surface area contributed by atoms with Crippen molar-refractivity contribution in [2.45, 2.75) is 4.90 Å². The van der Waals surface area contributed by atoms with Crippen LogP contribution in [0.1, 0.15) is 0 Å². The highest BCUT2D eigenvalue weighted by Gasteiger charge is 2.13. The highest BCUT2D eigenvalue weighted by Crippen LogP contribution is 2.24. The third kappa shape index (κ3) is 1.96. The van der Waals surface area contributed by atoms with Crippen LogP contribution in [0.5, 0.6) is 5.75 Å². The van der Waals surface area contributed by atoms with Gasteiger partial charge in [0, 0.05) is 4.47 Å². The van der Waals surface area contributed by atoms with Crippen molar-refractivity contribution in [2.75, 3.05) is 0 Å². The van der Waals surface area contributed by atoms with Gasteiger partial charge in [-0.05, 0) is 18.2 Å². The Labute approximate surface area is 78.2 Å². The van der Waals surface area contributed by atoms with E-state index in [2.05, 4.69) is 15.9 Å². The van der Waals surface area contributed by atoms with Crippen LogP contribution in [0, 0.1) is 0 Å². The van der Waals surface area contributed by atoms with Crippen LogP contribution in [0.25, 0.3) is 0 Å². The molecule has 0 saturated carbocycles. The molecular formula is C6H6BrNO3S. The van der Waals surface area contributed by atoms with Gasteiger partial charge < -0.3 is 5.11 Å². The molecule has 4 nitrogen and oxygen atoms in total. The van der Waals surface area contributed by atoms with Gasteiger partial charge in [-0.2, -0.15) is 0 Å². The predicted molar refractivity (Wildman–Crippen MR) is 47.2 cm³/mol. The number of rotatable bonds is 1. The molecule has 1 aromatic rings. The number of sulfonamides is 1. The first-order valence-electron chi connectivity index (χ1n) is 2.92. The summed E-state index contributed by atoms with van der Waals surface area (Å²) in [6.45, 7) is 0. The van der Waals surface area contributed by atoms with Gasteiger partial charge >= 0.3 is 0 Å². The summed E-state index contributed by atoms with van der Waals surface area (Å²) in [5.74, 6) is -0.347. The van der Waals surface area contributed by atoms with Crippen molar-refractivity contribution in [1.29, 1.82) is 0 Å². The van der Waals surface area contributed by atoms with Gasteiger partial charge in [-0.1, -0.05) is 15.9 Å². The second kappa shape index (κ2) is 3.04. The summed E-state index contributed by atoms with van der Waals surface area (Å²) in [7, 11) is -3.84. The zero-order valence-corrected chi connectivity index (χ0v) is 8.26. The molecule has 0 aliphatic heterocycles. The summed E-state index contributed by atoms with van der Waals surface area (Å²) >= 11 is 3.06. The van der Waals surface area contributed by atoms with Gasteiger partial charge in [-0.25, -0.2) is 13.6 Å². The monoisotopic (exact) mass is 251 g/mol. The number of phenolic OH excluding ortho intramolecular Hbond substituents is 1. The molecule has 0 spiro atoms. The van der Waals surface area contributed by atoms with E-state index in [1.165, 1.54) is 18.2 Å². The van der Waals surface area contributed by atoms with E-state index in [1.807, 2.05) is 0 Å². The molecule has 66 valence electrons. The number of aromatic hydroxyl groups is 1. The highest BCUT2D eigenvalue weighted by atomic mass is 79.9. The normalized spacial score (nSPS) is 11.5. The number of halogens is 1. The summed E-state index contributed by atoms with van der Waals surface area (Å²) < 4.78 is 22.2. The van der Waals surface area contributed by atoms with Crippen molar-refractivity contribution in [2.24, 2.45) is 5.14 Å². The second-order valence-corrected chi connectivity index (χ2v) is 4.60. The van der Waals surface area contributed by atoms with E-state index in [1.54, 1.807) is 0 Å². The smallest absolute Gasteiger partial charge is 0.241 e. The van der Waals surface area contributed by atoms with Gasteiger partial charge in [-0.3, -0.25) is 0 Å². The Bertz CT molecular complexity index is 401. The molecule has 0 amide bonds. The quantitative estimate of drug-likeness (QED) is 0.775. The molecule has 12 heavy (non-hydrogen) atoms. The van der Waals surface area contributed by atoms with Crippen molar-refractivity contribution in [3.63, 3.8) is 0 Å². The third-order valence-electron chi connectivity index (χ3n) is 1.23. The maximum atomic E-state index is 10.8. The summed E-state index contributed by atoms with van der Waals surface area (Å²) in [4.78, 5) is -0.281. The SMILES string of the molecule is NS(=O)(=O)c1cc(Br)ccc1O. The van der Waals surface area contributed by atoms with Crippen molar-refractivity contribution < 1.29 is 13.5 Å². The topological polar surface area (TPSA) is 80.4 Å². The Kier molecular flexibility index (Phi) is 2.41. The summed E-state index contributed by atoms with van der Waals surface area (Å²) in [5.41, 5.74) is 0. The fraction of sp³-hybridized carbons (Fsp3) is 0. The van der Waals surface area contributed by atoms with Crippen LogP contribution in [0.4, 0.5) is 0 Å². The minimum Gasteiger partial charge on any atom is -0.507 e. The molecule has 0 bridgehead atoms. The lowest BCUT2D eigenvalue weighted by Gasteiger charge is -2.01. The lowest BCUT2D eigenvalue weighted by atomic mass is 10.3. The van der Waals surface area contributed by atoms with Gasteiger partial charge in [0.2, 0.25) is 10.0 Å². The fourth-order valence-corrected chi connectivity index (χ4v) is 1.88. The number of hydrogen-bond acceptors (Lipinski definition) is 3. The summed E-state index contributed by atoms with van der Waals surface area (Å²) in [6, 6.07) is 4.01. The lowest BCUT2D eigenvalue weighted by Crippen LogP contribution is -2.12. The van der Waals surface area contributed by atoms with Gasteiger partial charge in [0.1, 0.15) is 10.6 Å². The number of primary sulfonamides is 1. The van der Waals surface area contributed by atoms with E-state index in [9.17, 15) is 8.42 Å². The first kappa shape index (κ1) is 9.50. The molecule has 0 aliphatic carbocycles. The van der Waals surface area contributed by atoms with E-state index in [0.29, 0.717) is 4.47 Å². The molecule has 3 N–H and O–H groups in total. The summed E-state index contributed by atoms with van der Waals surface area (Å²) in [5, 5.41) is 13.9. The Morgan fingerprint density at radius 3 is 2.42 bits per heavy atom. The largest absolute Gasteiger partial charge is 0.507 e. The Hall–Kier alpha value is -0.590. The second-order valence-electron chi connectivity index (χ2n) is 2.16. The van der Waals surface area contributed by atoms with Crippen LogP contribution >= 0.6 is 15.9 Å². The average molecular weight is 252 g/mol. The van der Waals surface area contributed by atoms with Crippen molar-refractivity contribution >= 4 is 26.0 Å². The Morgan fingerprint density at radius 1 is 1.42 bits per heavy atom. The highest BCUT2D eigenvalue weighted by molar-refractivity contribution is 9.10. The van der Waals surface area contributed by atoms with Crippen LogP contribution in [-0.4, -0.2) is 13.5 Å². The zero-order valence-electron chi connectivity index (χ0n) is 5.86. The van der Waals surface area contributed by atoms with E-state index in [-0.39, 0.29) is 10.6 Å². The number of benzene rings is 1. The first-order valence-corrected chi connectivity index (χ1v) is 5.26. The van der Waals surface area contributed by atoms with Crippen LogP contribution < -0.4 is 5.14 Å². The molecule has 0 aliphatic rings. The van der Waals surface area contributed by atoms with Gasteiger partial charge in [-0.15, -0.1) is 0 Å². The maximum absolute atomic E-state index is 10.8. The van der Waals surface area contributed by atoms with Gasteiger partial charge in [0.15, 0.2) is 0 Å². The number of hydrogen-bond donors (Lipinski definition) is 2. The van der Waals surface area contributed by atoms with E-state index in [0.717, 1.165) is 0 Å². The molecule has 6 heteroatoms. The first-order chi connectivity index (χ1) is 5.41. The average Bonchev–Trinajstić information content (AvgIpc) is 1.92.